The standard InChI is InChI=1S/C15H27N5/c1-4-13-14(5-2)18-19-15(17-13)20-9-7-12(8-10-20)11-16-6-3/h12,16H,4-11H2,1-3H3. The van der Waals surface area contributed by atoms with E-state index in [4.69, 9.17) is 4.98 Å². The summed E-state index contributed by atoms with van der Waals surface area (Å²) in [5.74, 6) is 1.61. The van der Waals surface area contributed by atoms with Crippen LogP contribution in [0, 0.1) is 5.92 Å². The van der Waals surface area contributed by atoms with Crippen LogP contribution in [0.15, 0.2) is 0 Å². The van der Waals surface area contributed by atoms with E-state index in [2.05, 4.69) is 41.2 Å². The lowest BCUT2D eigenvalue weighted by Gasteiger charge is -2.32. The fourth-order valence-corrected chi connectivity index (χ4v) is 2.75. The van der Waals surface area contributed by atoms with Gasteiger partial charge in [0.15, 0.2) is 0 Å². The lowest BCUT2D eigenvalue weighted by atomic mass is 9.97. The van der Waals surface area contributed by atoms with Crippen LogP contribution in [0.1, 0.15) is 45.0 Å². The van der Waals surface area contributed by atoms with Crippen molar-refractivity contribution in [2.24, 2.45) is 5.92 Å². The summed E-state index contributed by atoms with van der Waals surface area (Å²) < 4.78 is 0. The molecule has 0 amide bonds. The van der Waals surface area contributed by atoms with E-state index in [-0.39, 0.29) is 0 Å². The molecule has 0 spiro atoms. The lowest BCUT2D eigenvalue weighted by Crippen LogP contribution is -2.38. The summed E-state index contributed by atoms with van der Waals surface area (Å²) in [6.45, 7) is 10.7. The molecule has 0 radical (unpaired) electrons. The van der Waals surface area contributed by atoms with Gasteiger partial charge in [0.2, 0.25) is 5.95 Å². The predicted molar refractivity (Wildman–Crippen MR) is 82.1 cm³/mol. The van der Waals surface area contributed by atoms with E-state index in [1.54, 1.807) is 0 Å². The highest BCUT2D eigenvalue weighted by Crippen LogP contribution is 2.20. The molecule has 2 heterocycles. The number of piperidine rings is 1. The van der Waals surface area contributed by atoms with Gasteiger partial charge in [-0.2, -0.15) is 5.10 Å². The van der Waals surface area contributed by atoms with Gasteiger partial charge in [0.1, 0.15) is 0 Å². The first-order valence-electron chi connectivity index (χ1n) is 7.96. The largest absolute Gasteiger partial charge is 0.340 e. The summed E-state index contributed by atoms with van der Waals surface area (Å²) in [6.07, 6.45) is 4.28. The van der Waals surface area contributed by atoms with E-state index >= 15 is 0 Å². The molecular weight excluding hydrogens is 250 g/mol. The molecule has 1 aromatic heterocycles. The van der Waals surface area contributed by atoms with Crippen molar-refractivity contribution in [2.75, 3.05) is 31.1 Å². The van der Waals surface area contributed by atoms with Crippen molar-refractivity contribution in [3.63, 3.8) is 0 Å². The van der Waals surface area contributed by atoms with E-state index in [0.717, 1.165) is 62.3 Å². The van der Waals surface area contributed by atoms with Gasteiger partial charge in [-0.3, -0.25) is 0 Å². The quantitative estimate of drug-likeness (QED) is 0.859. The van der Waals surface area contributed by atoms with Crippen LogP contribution in [-0.2, 0) is 12.8 Å². The fraction of sp³-hybridized carbons (Fsp3) is 0.800. The van der Waals surface area contributed by atoms with Gasteiger partial charge < -0.3 is 10.2 Å². The van der Waals surface area contributed by atoms with E-state index in [0.29, 0.717) is 0 Å². The first-order valence-corrected chi connectivity index (χ1v) is 7.96. The molecule has 0 aliphatic carbocycles. The highest BCUT2D eigenvalue weighted by atomic mass is 15.3. The zero-order valence-electron chi connectivity index (χ0n) is 13.0. The van der Waals surface area contributed by atoms with Crippen molar-refractivity contribution in [3.8, 4) is 0 Å². The molecule has 2 rings (SSSR count). The van der Waals surface area contributed by atoms with E-state index in [9.17, 15) is 0 Å². The molecule has 0 unspecified atom stereocenters. The molecule has 0 aromatic carbocycles. The monoisotopic (exact) mass is 277 g/mol. The van der Waals surface area contributed by atoms with Crippen molar-refractivity contribution >= 4 is 5.95 Å². The zero-order chi connectivity index (χ0) is 14.4. The van der Waals surface area contributed by atoms with Gasteiger partial charge in [-0.25, -0.2) is 4.98 Å². The number of aryl methyl sites for hydroxylation is 2. The molecule has 0 bridgehead atoms. The molecule has 1 aromatic rings. The normalized spacial score (nSPS) is 16.6. The van der Waals surface area contributed by atoms with Crippen LogP contribution in [0.2, 0.25) is 0 Å². The molecule has 1 aliphatic rings. The van der Waals surface area contributed by atoms with Gasteiger partial charge in [0.25, 0.3) is 0 Å². The summed E-state index contributed by atoms with van der Waals surface area (Å²) in [5, 5.41) is 12.1. The Bertz CT molecular complexity index is 413. The van der Waals surface area contributed by atoms with Crippen molar-refractivity contribution < 1.29 is 0 Å². The zero-order valence-corrected chi connectivity index (χ0v) is 13.0. The van der Waals surface area contributed by atoms with Crippen LogP contribution in [0.4, 0.5) is 5.95 Å². The molecule has 0 saturated carbocycles. The van der Waals surface area contributed by atoms with Crippen LogP contribution >= 0.6 is 0 Å². The molecule has 5 heteroatoms. The molecule has 1 aliphatic heterocycles. The minimum Gasteiger partial charge on any atom is -0.340 e. The third-order valence-corrected chi connectivity index (χ3v) is 4.08. The van der Waals surface area contributed by atoms with Crippen molar-refractivity contribution in [1.82, 2.24) is 20.5 Å². The van der Waals surface area contributed by atoms with Crippen molar-refractivity contribution in [2.45, 2.75) is 46.5 Å². The topological polar surface area (TPSA) is 53.9 Å². The Morgan fingerprint density at radius 1 is 1.05 bits per heavy atom. The average molecular weight is 277 g/mol. The Kier molecular flexibility index (Phi) is 5.71. The minimum absolute atomic E-state index is 0.791. The van der Waals surface area contributed by atoms with Crippen LogP contribution in [0.3, 0.4) is 0 Å². The molecule has 20 heavy (non-hydrogen) atoms. The van der Waals surface area contributed by atoms with Crippen LogP contribution in [0.25, 0.3) is 0 Å². The Balaban J connectivity index is 1.96. The number of rotatable bonds is 6. The maximum absolute atomic E-state index is 4.71. The highest BCUT2D eigenvalue weighted by molar-refractivity contribution is 5.31. The maximum Gasteiger partial charge on any atom is 0.245 e. The van der Waals surface area contributed by atoms with E-state index in [1.807, 2.05) is 0 Å². The van der Waals surface area contributed by atoms with Gasteiger partial charge in [0.05, 0.1) is 11.4 Å². The first kappa shape index (κ1) is 15.2. The molecule has 112 valence electrons. The molecule has 0 atom stereocenters. The number of nitrogens with zero attached hydrogens (tertiary/aromatic N) is 4. The smallest absolute Gasteiger partial charge is 0.245 e. The van der Waals surface area contributed by atoms with Gasteiger partial charge in [-0.1, -0.05) is 20.8 Å². The van der Waals surface area contributed by atoms with Crippen molar-refractivity contribution in [3.05, 3.63) is 11.4 Å². The Labute approximate surface area is 122 Å². The van der Waals surface area contributed by atoms with Gasteiger partial charge in [0, 0.05) is 13.1 Å². The second-order valence-corrected chi connectivity index (χ2v) is 5.45. The number of hydrogen-bond donors (Lipinski definition) is 1. The number of aromatic nitrogens is 3. The summed E-state index contributed by atoms with van der Waals surface area (Å²) in [7, 11) is 0. The summed E-state index contributed by atoms with van der Waals surface area (Å²) in [5.41, 5.74) is 2.14. The molecular formula is C15H27N5. The minimum atomic E-state index is 0.791. The van der Waals surface area contributed by atoms with Gasteiger partial charge in [-0.15, -0.1) is 5.10 Å². The highest BCUT2D eigenvalue weighted by Gasteiger charge is 2.21. The molecule has 5 nitrogen and oxygen atoms in total. The Morgan fingerprint density at radius 3 is 2.35 bits per heavy atom. The summed E-state index contributed by atoms with van der Waals surface area (Å²) in [4.78, 5) is 7.00. The van der Waals surface area contributed by atoms with Crippen molar-refractivity contribution in [1.29, 1.82) is 0 Å². The average Bonchev–Trinajstić information content (AvgIpc) is 2.52. The maximum atomic E-state index is 4.71. The fourth-order valence-electron chi connectivity index (χ4n) is 2.75. The molecule has 1 saturated heterocycles. The van der Waals surface area contributed by atoms with Crippen LogP contribution in [0.5, 0.6) is 0 Å². The van der Waals surface area contributed by atoms with Gasteiger partial charge >= 0.3 is 0 Å². The number of anilines is 1. The first-order chi connectivity index (χ1) is 9.78. The number of nitrogens with one attached hydrogen (secondary N) is 1. The third kappa shape index (κ3) is 3.66. The lowest BCUT2D eigenvalue weighted by molar-refractivity contribution is 0.383. The summed E-state index contributed by atoms with van der Waals surface area (Å²) >= 11 is 0. The summed E-state index contributed by atoms with van der Waals surface area (Å²) in [6, 6.07) is 0. The van der Waals surface area contributed by atoms with Gasteiger partial charge in [-0.05, 0) is 44.7 Å². The second kappa shape index (κ2) is 7.53. The van der Waals surface area contributed by atoms with Crippen LogP contribution < -0.4 is 10.2 Å². The number of hydrogen-bond acceptors (Lipinski definition) is 5. The Morgan fingerprint density at radius 2 is 1.75 bits per heavy atom. The molecule has 1 N–H and O–H groups in total. The van der Waals surface area contributed by atoms with Crippen LogP contribution in [-0.4, -0.2) is 41.4 Å². The molecule has 1 fully saturated rings. The van der Waals surface area contributed by atoms with E-state index in [1.165, 1.54) is 12.8 Å². The SMILES string of the molecule is CCNCC1CCN(c2nnc(CC)c(CC)n2)CC1. The third-order valence-electron chi connectivity index (χ3n) is 4.08. The second-order valence-electron chi connectivity index (χ2n) is 5.45. The predicted octanol–water partition coefficient (Wildman–Crippen LogP) is 1.82. The Hall–Kier alpha value is -1.23. The van der Waals surface area contributed by atoms with E-state index < -0.39 is 0 Å².